The van der Waals surface area contributed by atoms with Gasteiger partial charge in [-0.3, -0.25) is 19.8 Å². The predicted molar refractivity (Wildman–Crippen MR) is 161 cm³/mol. The number of aliphatic hydroxyl groups is 2. The molecule has 13 nitrogen and oxygen atoms in total. The average molecular weight is 611 g/mol. The van der Waals surface area contributed by atoms with Crippen LogP contribution >= 0.6 is 0 Å². The van der Waals surface area contributed by atoms with E-state index < -0.39 is 48.2 Å². The van der Waals surface area contributed by atoms with Crippen molar-refractivity contribution in [1.29, 1.82) is 5.41 Å². The zero-order valence-corrected chi connectivity index (χ0v) is 24.7. The second-order valence-corrected chi connectivity index (χ2v) is 11.7. The van der Waals surface area contributed by atoms with Gasteiger partial charge < -0.3 is 46.6 Å². The van der Waals surface area contributed by atoms with Crippen LogP contribution in [0, 0.1) is 11.3 Å². The van der Waals surface area contributed by atoms with E-state index in [-0.39, 0.29) is 42.8 Å². The van der Waals surface area contributed by atoms with E-state index >= 15 is 0 Å². The lowest BCUT2D eigenvalue weighted by molar-refractivity contribution is -0.143. The third-order valence-electron chi connectivity index (χ3n) is 8.26. The quantitative estimate of drug-likeness (QED) is 0.136. The Morgan fingerprint density at radius 1 is 1.02 bits per heavy atom. The van der Waals surface area contributed by atoms with E-state index in [1.165, 1.54) is 34.1 Å². The van der Waals surface area contributed by atoms with Crippen molar-refractivity contribution in [2.24, 2.45) is 11.7 Å². The Morgan fingerprint density at radius 2 is 1.64 bits per heavy atom. The minimum Gasteiger partial charge on any atom is -0.508 e. The van der Waals surface area contributed by atoms with E-state index in [9.17, 15) is 34.8 Å². The van der Waals surface area contributed by atoms with Crippen molar-refractivity contribution in [3.63, 3.8) is 0 Å². The van der Waals surface area contributed by atoms with Crippen molar-refractivity contribution in [1.82, 2.24) is 20.4 Å². The Hall–Kier alpha value is -4.36. The first kappa shape index (κ1) is 32.6. The van der Waals surface area contributed by atoms with E-state index in [0.717, 1.165) is 5.56 Å². The molecular weight excluding hydrogens is 568 g/mol. The van der Waals surface area contributed by atoms with Gasteiger partial charge in [0.1, 0.15) is 35.9 Å². The Morgan fingerprint density at radius 3 is 2.25 bits per heavy atom. The molecule has 2 heterocycles. The average Bonchev–Trinajstić information content (AvgIpc) is 3.39. The summed E-state index contributed by atoms with van der Waals surface area (Å²) in [6.45, 7) is 2.59. The highest BCUT2D eigenvalue weighted by molar-refractivity contribution is 5.93. The monoisotopic (exact) mass is 610 g/mol. The molecule has 2 saturated heterocycles. The molecule has 238 valence electrons. The SMILES string of the molecule is CC1CC(C(=O)NC2CCCN(C(=N)N)C2O)N(C(=O)C(Cc2ccc(O)cc2)NC(=O)C(O)CCc2ccc(O)cc2)C1. The fraction of sp³-hybridized carbons (Fsp3) is 0.484. The Labute approximate surface area is 256 Å². The number of amides is 3. The van der Waals surface area contributed by atoms with Gasteiger partial charge in [-0.05, 0) is 73.4 Å². The number of hydrogen-bond acceptors (Lipinski definition) is 8. The van der Waals surface area contributed by atoms with Gasteiger partial charge in [-0.1, -0.05) is 31.2 Å². The maximum Gasteiger partial charge on any atom is 0.249 e. The van der Waals surface area contributed by atoms with Crippen LogP contribution in [-0.2, 0) is 27.2 Å². The fourth-order valence-electron chi connectivity index (χ4n) is 5.84. The highest BCUT2D eigenvalue weighted by Crippen LogP contribution is 2.26. The number of aliphatic hydroxyl groups excluding tert-OH is 2. The fourth-order valence-corrected chi connectivity index (χ4v) is 5.84. The summed E-state index contributed by atoms with van der Waals surface area (Å²) in [6.07, 6.45) is -0.592. The standard InChI is InChI=1S/C31H42N6O7/c1-18-15-25(27(41)34-23-3-2-14-36(29(23)43)31(32)33)37(17-18)30(44)24(16-20-6-11-22(39)12-7-20)35-28(42)26(40)13-8-19-4-9-21(38)10-5-19/h4-7,9-12,18,23-26,29,38-40,43H,2-3,8,13-17H2,1H3,(H3,32,33)(H,34,41)(H,35,42). The van der Waals surface area contributed by atoms with Crippen LogP contribution < -0.4 is 16.4 Å². The number of rotatable bonds is 10. The lowest BCUT2D eigenvalue weighted by Crippen LogP contribution is -2.61. The minimum absolute atomic E-state index is 0.0133. The van der Waals surface area contributed by atoms with Crippen LogP contribution in [0.15, 0.2) is 48.5 Å². The van der Waals surface area contributed by atoms with Gasteiger partial charge in [0.25, 0.3) is 0 Å². The molecule has 2 fully saturated rings. The summed E-state index contributed by atoms with van der Waals surface area (Å²) in [7, 11) is 0. The van der Waals surface area contributed by atoms with Gasteiger partial charge in [0.15, 0.2) is 5.96 Å². The first-order chi connectivity index (χ1) is 20.9. The number of nitrogens with one attached hydrogen (secondary N) is 3. The highest BCUT2D eigenvalue weighted by atomic mass is 16.3. The number of phenols is 2. The summed E-state index contributed by atoms with van der Waals surface area (Å²) in [6, 6.07) is 10.00. The number of benzene rings is 2. The first-order valence-corrected chi connectivity index (χ1v) is 14.9. The topological polar surface area (TPSA) is 213 Å². The lowest BCUT2D eigenvalue weighted by atomic mass is 10.0. The molecule has 0 aromatic heterocycles. The maximum absolute atomic E-state index is 14.0. The number of hydrogen-bond donors (Lipinski definition) is 8. The van der Waals surface area contributed by atoms with Gasteiger partial charge in [0.2, 0.25) is 17.7 Å². The van der Waals surface area contributed by atoms with Crippen molar-refractivity contribution in [2.45, 2.75) is 75.9 Å². The summed E-state index contributed by atoms with van der Waals surface area (Å²) in [5.41, 5.74) is 7.06. The number of nitrogens with two attached hydrogens (primary N) is 1. The summed E-state index contributed by atoms with van der Waals surface area (Å²) in [4.78, 5) is 43.4. The molecule has 0 saturated carbocycles. The van der Waals surface area contributed by atoms with Crippen LogP contribution in [-0.4, -0.2) is 97.5 Å². The molecule has 0 aliphatic carbocycles. The van der Waals surface area contributed by atoms with Crippen molar-refractivity contribution >= 4 is 23.7 Å². The zero-order chi connectivity index (χ0) is 32.0. The van der Waals surface area contributed by atoms with Gasteiger partial charge >= 0.3 is 0 Å². The van der Waals surface area contributed by atoms with E-state index in [0.29, 0.717) is 37.8 Å². The Balaban J connectivity index is 1.48. The van der Waals surface area contributed by atoms with Crippen molar-refractivity contribution in [2.75, 3.05) is 13.1 Å². The molecule has 0 radical (unpaired) electrons. The van der Waals surface area contributed by atoms with Crippen LogP contribution in [0.2, 0.25) is 0 Å². The molecule has 44 heavy (non-hydrogen) atoms. The number of phenolic OH excluding ortho intramolecular Hbond substituents is 2. The normalized spacial score (nSPS) is 23.1. The molecule has 2 aliphatic heterocycles. The highest BCUT2D eigenvalue weighted by Gasteiger charge is 2.42. The van der Waals surface area contributed by atoms with Gasteiger partial charge in [-0.2, -0.15) is 0 Å². The number of guanidine groups is 1. The molecule has 4 rings (SSSR count). The largest absolute Gasteiger partial charge is 0.508 e. The van der Waals surface area contributed by atoms with E-state index in [4.69, 9.17) is 11.1 Å². The molecule has 2 aliphatic rings. The van der Waals surface area contributed by atoms with Gasteiger partial charge in [0, 0.05) is 19.5 Å². The molecule has 6 atom stereocenters. The van der Waals surface area contributed by atoms with Gasteiger partial charge in [0.05, 0.1) is 6.04 Å². The van der Waals surface area contributed by atoms with Crippen molar-refractivity contribution in [3.05, 3.63) is 59.7 Å². The number of aryl methyl sites for hydroxylation is 1. The van der Waals surface area contributed by atoms with Crippen LogP contribution in [0.5, 0.6) is 11.5 Å². The summed E-state index contributed by atoms with van der Waals surface area (Å²) in [5.74, 6) is -1.82. The smallest absolute Gasteiger partial charge is 0.249 e. The molecule has 13 heteroatoms. The molecule has 2 aromatic carbocycles. The number of piperidine rings is 1. The van der Waals surface area contributed by atoms with Crippen LogP contribution in [0.4, 0.5) is 0 Å². The van der Waals surface area contributed by atoms with Gasteiger partial charge in [-0.15, -0.1) is 0 Å². The summed E-state index contributed by atoms with van der Waals surface area (Å²) < 4.78 is 0. The lowest BCUT2D eigenvalue weighted by Gasteiger charge is -2.39. The van der Waals surface area contributed by atoms with Crippen LogP contribution in [0.25, 0.3) is 0 Å². The second kappa shape index (κ2) is 14.4. The van der Waals surface area contributed by atoms with E-state index in [1.54, 1.807) is 24.3 Å². The van der Waals surface area contributed by atoms with E-state index in [2.05, 4.69) is 10.6 Å². The molecule has 0 bridgehead atoms. The summed E-state index contributed by atoms with van der Waals surface area (Å²) >= 11 is 0. The zero-order valence-electron chi connectivity index (χ0n) is 24.7. The van der Waals surface area contributed by atoms with Gasteiger partial charge in [-0.25, -0.2) is 0 Å². The molecule has 6 unspecified atom stereocenters. The second-order valence-electron chi connectivity index (χ2n) is 11.7. The number of carbonyl (C=O) groups excluding carboxylic acids is 3. The maximum atomic E-state index is 14.0. The number of aromatic hydroxyl groups is 2. The first-order valence-electron chi connectivity index (χ1n) is 14.9. The van der Waals surface area contributed by atoms with E-state index in [1.807, 2.05) is 6.92 Å². The molecule has 9 N–H and O–H groups in total. The van der Waals surface area contributed by atoms with Crippen LogP contribution in [0.3, 0.4) is 0 Å². The third kappa shape index (κ3) is 8.17. The van der Waals surface area contributed by atoms with Crippen LogP contribution in [0.1, 0.15) is 43.7 Å². The Bertz CT molecular complexity index is 1320. The number of carbonyl (C=O) groups is 3. The molecule has 3 amide bonds. The van der Waals surface area contributed by atoms with Crippen molar-refractivity contribution in [3.8, 4) is 11.5 Å². The molecule has 2 aromatic rings. The predicted octanol–water partition coefficient (Wildman–Crippen LogP) is 0.148. The minimum atomic E-state index is -1.41. The molecular formula is C31H42N6O7. The number of nitrogens with zero attached hydrogens (tertiary/aromatic N) is 2. The van der Waals surface area contributed by atoms with Crippen molar-refractivity contribution < 1.29 is 34.8 Å². The summed E-state index contributed by atoms with van der Waals surface area (Å²) in [5, 5.41) is 53.7. The Kier molecular flexibility index (Phi) is 10.7. The molecule has 0 spiro atoms. The number of likely N-dealkylation sites (tertiary alicyclic amines) is 2. The third-order valence-corrected chi connectivity index (χ3v) is 8.26.